The van der Waals surface area contributed by atoms with E-state index in [0.717, 1.165) is 50.0 Å². The molecule has 1 aromatic rings. The minimum absolute atomic E-state index is 0.0340. The van der Waals surface area contributed by atoms with Gasteiger partial charge in [0, 0.05) is 37.0 Å². The van der Waals surface area contributed by atoms with Gasteiger partial charge in [-0.25, -0.2) is 0 Å². The molecule has 3 fully saturated rings. The number of likely N-dealkylation sites (tertiary alicyclic amines) is 1. The number of carbonyl (C=O) groups excluding carboxylic acids is 2. The second-order valence-electron chi connectivity index (χ2n) is 10.6. The summed E-state index contributed by atoms with van der Waals surface area (Å²) < 4.78 is 6.39. The van der Waals surface area contributed by atoms with Crippen LogP contribution in [0, 0.1) is 17.3 Å². The Morgan fingerprint density at radius 3 is 2.67 bits per heavy atom. The molecule has 5 heteroatoms. The number of anilines is 1. The molecule has 4 rings (SSSR count). The summed E-state index contributed by atoms with van der Waals surface area (Å²) in [5, 5.41) is 3.03. The molecule has 2 heterocycles. The maximum absolute atomic E-state index is 12.8. The molecular formula is C25H36N2O3. The van der Waals surface area contributed by atoms with Gasteiger partial charge in [0.2, 0.25) is 11.8 Å². The van der Waals surface area contributed by atoms with Crippen molar-refractivity contribution >= 4 is 17.5 Å². The number of benzene rings is 1. The highest BCUT2D eigenvalue weighted by molar-refractivity contribution is 5.91. The zero-order chi connectivity index (χ0) is 21.3. The summed E-state index contributed by atoms with van der Waals surface area (Å²) in [6.07, 6.45) is 7.18. The minimum atomic E-state index is -0.0340. The van der Waals surface area contributed by atoms with Crippen LogP contribution in [0.5, 0.6) is 0 Å². The van der Waals surface area contributed by atoms with Gasteiger partial charge in [0.15, 0.2) is 0 Å². The van der Waals surface area contributed by atoms with Crippen LogP contribution in [0.25, 0.3) is 0 Å². The maximum atomic E-state index is 12.8. The molecule has 164 valence electrons. The van der Waals surface area contributed by atoms with Crippen molar-refractivity contribution in [2.24, 2.45) is 17.3 Å². The van der Waals surface area contributed by atoms with Crippen LogP contribution in [-0.2, 0) is 14.3 Å². The molecule has 1 N–H and O–H groups in total. The molecule has 0 radical (unpaired) electrons. The first-order valence-corrected chi connectivity index (χ1v) is 11.6. The van der Waals surface area contributed by atoms with Crippen molar-refractivity contribution in [3.05, 3.63) is 29.8 Å². The smallest absolute Gasteiger partial charge is 0.225 e. The Labute approximate surface area is 180 Å². The van der Waals surface area contributed by atoms with Crippen molar-refractivity contribution in [3.63, 3.8) is 0 Å². The molecule has 0 aromatic heterocycles. The molecule has 3 aliphatic rings. The van der Waals surface area contributed by atoms with Crippen molar-refractivity contribution in [1.29, 1.82) is 0 Å². The van der Waals surface area contributed by atoms with E-state index in [1.165, 1.54) is 12.8 Å². The van der Waals surface area contributed by atoms with Crippen LogP contribution in [0.2, 0.25) is 0 Å². The Hall–Kier alpha value is -1.88. The van der Waals surface area contributed by atoms with Crippen LogP contribution < -0.4 is 5.32 Å². The molecule has 2 amide bonds. The number of hydrogen-bond acceptors (Lipinski definition) is 3. The van der Waals surface area contributed by atoms with Crippen molar-refractivity contribution < 1.29 is 14.3 Å². The SMILES string of the molecule is CC(C)(C)CC(=O)Nc1cccc(C2CC3CN(C(=O)C4CCCC4)CCC3O2)c1. The average molecular weight is 413 g/mol. The lowest BCUT2D eigenvalue weighted by atomic mass is 9.90. The number of piperidine rings is 1. The summed E-state index contributed by atoms with van der Waals surface area (Å²) in [4.78, 5) is 27.2. The number of ether oxygens (including phenoxy) is 1. The standard InChI is InChI=1S/C25H36N2O3/c1-25(2,3)15-23(28)26-20-10-6-9-18(13-20)22-14-19-16-27(12-11-21(19)30-22)24(29)17-7-4-5-8-17/h6,9-10,13,17,19,21-22H,4-5,7-8,11-12,14-16H2,1-3H3,(H,26,28). The molecule has 3 atom stereocenters. The highest BCUT2D eigenvalue weighted by Gasteiger charge is 2.41. The number of hydrogen-bond donors (Lipinski definition) is 1. The maximum Gasteiger partial charge on any atom is 0.225 e. The van der Waals surface area contributed by atoms with Crippen molar-refractivity contribution in [1.82, 2.24) is 4.90 Å². The van der Waals surface area contributed by atoms with Crippen LogP contribution in [0.4, 0.5) is 5.69 Å². The summed E-state index contributed by atoms with van der Waals surface area (Å²) in [6.45, 7) is 7.86. The summed E-state index contributed by atoms with van der Waals surface area (Å²) in [5.74, 6) is 1.08. The lowest BCUT2D eigenvalue weighted by molar-refractivity contribution is -0.138. The molecule has 0 spiro atoms. The largest absolute Gasteiger partial charge is 0.370 e. The van der Waals surface area contributed by atoms with E-state index in [2.05, 4.69) is 37.1 Å². The third-order valence-electron chi connectivity index (χ3n) is 6.77. The van der Waals surface area contributed by atoms with Crippen LogP contribution in [-0.4, -0.2) is 35.9 Å². The molecule has 2 saturated heterocycles. The number of nitrogens with zero attached hydrogens (tertiary/aromatic N) is 1. The molecule has 30 heavy (non-hydrogen) atoms. The summed E-state index contributed by atoms with van der Waals surface area (Å²) in [6, 6.07) is 8.06. The average Bonchev–Trinajstić information content (AvgIpc) is 3.35. The van der Waals surface area contributed by atoms with Crippen LogP contribution >= 0.6 is 0 Å². The van der Waals surface area contributed by atoms with Gasteiger partial charge in [-0.05, 0) is 48.8 Å². The fourth-order valence-electron chi connectivity index (χ4n) is 5.31. The molecule has 1 saturated carbocycles. The van der Waals surface area contributed by atoms with E-state index in [0.29, 0.717) is 18.2 Å². The Bertz CT molecular complexity index is 779. The first kappa shape index (κ1) is 21.4. The minimum Gasteiger partial charge on any atom is -0.370 e. The zero-order valence-corrected chi connectivity index (χ0v) is 18.7. The first-order valence-electron chi connectivity index (χ1n) is 11.6. The third-order valence-corrected chi connectivity index (χ3v) is 6.77. The van der Waals surface area contributed by atoms with Crippen molar-refractivity contribution in [3.8, 4) is 0 Å². The van der Waals surface area contributed by atoms with Crippen LogP contribution in [0.3, 0.4) is 0 Å². The zero-order valence-electron chi connectivity index (χ0n) is 18.7. The van der Waals surface area contributed by atoms with E-state index in [-0.39, 0.29) is 29.4 Å². The number of amides is 2. The number of carbonyl (C=O) groups is 2. The van der Waals surface area contributed by atoms with Crippen LogP contribution in [0.1, 0.15) is 77.4 Å². The van der Waals surface area contributed by atoms with E-state index >= 15 is 0 Å². The summed E-state index contributed by atoms with van der Waals surface area (Å²) in [7, 11) is 0. The van der Waals surface area contributed by atoms with Crippen LogP contribution in [0.15, 0.2) is 24.3 Å². The van der Waals surface area contributed by atoms with Gasteiger partial charge in [-0.15, -0.1) is 0 Å². The quantitative estimate of drug-likeness (QED) is 0.763. The highest BCUT2D eigenvalue weighted by atomic mass is 16.5. The number of nitrogens with one attached hydrogen (secondary N) is 1. The molecule has 3 unspecified atom stereocenters. The second-order valence-corrected chi connectivity index (χ2v) is 10.6. The topological polar surface area (TPSA) is 58.6 Å². The summed E-state index contributed by atoms with van der Waals surface area (Å²) >= 11 is 0. The van der Waals surface area contributed by atoms with Gasteiger partial charge >= 0.3 is 0 Å². The van der Waals surface area contributed by atoms with Gasteiger partial charge < -0.3 is 15.0 Å². The van der Waals surface area contributed by atoms with Gasteiger partial charge in [0.25, 0.3) is 0 Å². The molecule has 2 aliphatic heterocycles. The van der Waals surface area contributed by atoms with Crippen molar-refractivity contribution in [2.45, 2.75) is 77.9 Å². The Morgan fingerprint density at radius 1 is 1.17 bits per heavy atom. The van der Waals surface area contributed by atoms with Gasteiger partial charge in [0.05, 0.1) is 12.2 Å². The molecule has 5 nitrogen and oxygen atoms in total. The normalized spacial score (nSPS) is 27.2. The van der Waals surface area contributed by atoms with Crippen molar-refractivity contribution in [2.75, 3.05) is 18.4 Å². The predicted octanol–water partition coefficient (Wildman–Crippen LogP) is 4.93. The molecule has 1 aliphatic carbocycles. The Kier molecular flexibility index (Phi) is 6.19. The Balaban J connectivity index is 1.36. The monoisotopic (exact) mass is 412 g/mol. The fraction of sp³-hybridized carbons (Fsp3) is 0.680. The van der Waals surface area contributed by atoms with Gasteiger partial charge in [0.1, 0.15) is 0 Å². The molecule has 1 aromatic carbocycles. The van der Waals surface area contributed by atoms with Gasteiger partial charge in [-0.1, -0.05) is 45.7 Å². The predicted molar refractivity (Wildman–Crippen MR) is 118 cm³/mol. The third kappa shape index (κ3) is 5.05. The Morgan fingerprint density at radius 2 is 1.93 bits per heavy atom. The van der Waals surface area contributed by atoms with E-state index in [1.54, 1.807) is 0 Å². The van der Waals surface area contributed by atoms with E-state index in [4.69, 9.17) is 4.74 Å². The van der Waals surface area contributed by atoms with E-state index in [9.17, 15) is 9.59 Å². The highest BCUT2D eigenvalue weighted by Crippen LogP contribution is 2.42. The number of rotatable bonds is 4. The summed E-state index contributed by atoms with van der Waals surface area (Å²) in [5.41, 5.74) is 1.91. The van der Waals surface area contributed by atoms with E-state index < -0.39 is 0 Å². The lowest BCUT2D eigenvalue weighted by Crippen LogP contribution is -2.46. The lowest BCUT2D eigenvalue weighted by Gasteiger charge is -2.35. The van der Waals surface area contributed by atoms with Gasteiger partial charge in [-0.2, -0.15) is 0 Å². The van der Waals surface area contributed by atoms with E-state index in [1.807, 2.05) is 18.2 Å². The fourth-order valence-corrected chi connectivity index (χ4v) is 5.31. The first-order chi connectivity index (χ1) is 14.3. The molecular weight excluding hydrogens is 376 g/mol. The second kappa shape index (κ2) is 8.70. The van der Waals surface area contributed by atoms with Gasteiger partial charge in [-0.3, -0.25) is 9.59 Å². The molecule has 0 bridgehead atoms. The number of fused-ring (bicyclic) bond motifs is 1.